The van der Waals surface area contributed by atoms with Gasteiger partial charge in [-0.2, -0.15) is 0 Å². The van der Waals surface area contributed by atoms with Crippen molar-refractivity contribution < 1.29 is 51.5 Å². The van der Waals surface area contributed by atoms with Gasteiger partial charge < -0.3 is 0 Å². The van der Waals surface area contributed by atoms with Gasteiger partial charge in [0.05, 0.1) is 0 Å². The fraction of sp³-hybridized carbons (Fsp3) is 0. The summed E-state index contributed by atoms with van der Waals surface area (Å²) in [5.74, 6) is -0.872. The van der Waals surface area contributed by atoms with Gasteiger partial charge in [-0.25, -0.2) is 0 Å². The first-order chi connectivity index (χ1) is 6.32. The van der Waals surface area contributed by atoms with Crippen molar-refractivity contribution in [3.8, 4) is 5.75 Å². The van der Waals surface area contributed by atoms with E-state index in [1.165, 1.54) is 0 Å². The molecule has 0 fully saturated rings. The molecule has 0 atom stereocenters. The summed E-state index contributed by atoms with van der Waals surface area (Å²) in [5, 5.41) is 21.1. The van der Waals surface area contributed by atoms with Gasteiger partial charge in [-0.15, -0.1) is 0 Å². The second-order valence-electron chi connectivity index (χ2n) is 2.45. The zero-order chi connectivity index (χ0) is 10.9. The molecule has 0 bridgehead atoms. The number of rotatable bonds is 2. The maximum Gasteiger partial charge on any atom is 1.00 e. The molecule has 0 amide bonds. The number of benzene rings is 1. The van der Waals surface area contributed by atoms with Crippen molar-refractivity contribution in [2.24, 2.45) is 0 Å². The number of hydrogen-bond donors (Lipinski definition) is 2. The molecule has 15 heavy (non-hydrogen) atoms. The summed E-state index contributed by atoms with van der Waals surface area (Å²) in [7, 11) is 0. The Kier molecular flexibility index (Phi) is 5.05. The fourth-order valence-electron chi connectivity index (χ4n) is 0.830. The quantitative estimate of drug-likeness (QED) is 0.319. The van der Waals surface area contributed by atoms with E-state index in [1.807, 2.05) is 0 Å². The molecule has 0 saturated carbocycles. The van der Waals surface area contributed by atoms with E-state index in [-0.39, 0.29) is 29.6 Å². The first-order valence-corrected chi connectivity index (χ1v) is 6.72. The standard InChI is InChI=1S/C6H6AsNO6.Na/c9-6-2-1-4(7(10,11)12)3-5(6)8(13)14;/h1-3,9H,(H2,10,11,12);/q;+1/p-1. The van der Waals surface area contributed by atoms with E-state index in [4.69, 9.17) is 8.19 Å². The summed E-state index contributed by atoms with van der Waals surface area (Å²) >= 11 is -5.16. The zero-order valence-corrected chi connectivity index (χ0v) is 11.5. The van der Waals surface area contributed by atoms with Crippen LogP contribution in [0.25, 0.3) is 0 Å². The third kappa shape index (κ3) is 3.64. The summed E-state index contributed by atoms with van der Waals surface area (Å²) in [6.45, 7) is 0. The van der Waals surface area contributed by atoms with Crippen molar-refractivity contribution >= 4 is 24.2 Å². The van der Waals surface area contributed by atoms with Crippen molar-refractivity contribution in [1.29, 1.82) is 0 Å². The summed E-state index contributed by atoms with van der Waals surface area (Å²) in [6.07, 6.45) is 0. The largest absolute Gasteiger partial charge is 1.00 e. The Bertz CT molecular complexity index is 430. The number of nitro benzene ring substituents is 1. The van der Waals surface area contributed by atoms with Gasteiger partial charge in [-0.3, -0.25) is 0 Å². The molecular weight excluding hydrogens is 280 g/mol. The summed E-state index contributed by atoms with van der Waals surface area (Å²) in [6, 6.07) is 2.28. The van der Waals surface area contributed by atoms with Gasteiger partial charge in [0.25, 0.3) is 0 Å². The van der Waals surface area contributed by atoms with Crippen LogP contribution in [0.5, 0.6) is 5.75 Å². The Balaban J connectivity index is 0.00000196. The summed E-state index contributed by atoms with van der Waals surface area (Å²) in [5.41, 5.74) is -0.827. The molecule has 0 saturated heterocycles. The summed E-state index contributed by atoms with van der Waals surface area (Å²) in [4.78, 5) is 9.29. The molecule has 7 nitrogen and oxygen atoms in total. The molecule has 1 aromatic rings. The Morgan fingerprint density at radius 1 is 1.33 bits per heavy atom. The smallest absolute Gasteiger partial charge is 1.00 e. The van der Waals surface area contributed by atoms with Gasteiger partial charge in [0.1, 0.15) is 0 Å². The van der Waals surface area contributed by atoms with Crippen LogP contribution in [0.15, 0.2) is 18.2 Å². The monoisotopic (exact) mass is 285 g/mol. The molecule has 0 heterocycles. The van der Waals surface area contributed by atoms with Crippen molar-refractivity contribution in [3.05, 3.63) is 28.3 Å². The Labute approximate surface area is 109 Å². The minimum Gasteiger partial charge on any atom is 1.00 e. The van der Waals surface area contributed by atoms with Crippen molar-refractivity contribution in [3.63, 3.8) is 0 Å². The van der Waals surface area contributed by atoms with Crippen LogP contribution in [0, 0.1) is 10.1 Å². The second-order valence-corrected chi connectivity index (χ2v) is 5.82. The third-order valence-corrected chi connectivity index (χ3v) is 3.47. The first kappa shape index (κ1) is 14.7. The van der Waals surface area contributed by atoms with E-state index >= 15 is 0 Å². The summed E-state index contributed by atoms with van der Waals surface area (Å²) < 4.78 is 27.7. The van der Waals surface area contributed by atoms with Crippen LogP contribution < -0.4 is 39.0 Å². The molecule has 0 unspecified atom stereocenters. The van der Waals surface area contributed by atoms with Crippen LogP contribution >= 0.6 is 0 Å². The molecule has 1 aromatic carbocycles. The normalized spacial score (nSPS) is 10.5. The first-order valence-electron chi connectivity index (χ1n) is 3.34. The van der Waals surface area contributed by atoms with E-state index in [2.05, 4.69) is 0 Å². The number of nitrogens with zero attached hydrogens (tertiary/aromatic N) is 1. The van der Waals surface area contributed by atoms with Crippen LogP contribution in [0.1, 0.15) is 0 Å². The minimum atomic E-state index is -5.16. The molecule has 2 N–H and O–H groups in total. The second kappa shape index (κ2) is 5.16. The van der Waals surface area contributed by atoms with Gasteiger partial charge in [-0.05, 0) is 0 Å². The third-order valence-electron chi connectivity index (χ3n) is 1.48. The zero-order valence-electron chi connectivity index (χ0n) is 7.65. The molecule has 1 rings (SSSR count). The van der Waals surface area contributed by atoms with Gasteiger partial charge in [0, 0.05) is 0 Å². The van der Waals surface area contributed by atoms with Crippen LogP contribution in [0.2, 0.25) is 0 Å². The predicted molar refractivity (Wildman–Crippen MR) is 43.1 cm³/mol. The number of hydrogen-bond acceptors (Lipinski definition) is 4. The van der Waals surface area contributed by atoms with Crippen LogP contribution in [0.3, 0.4) is 0 Å². The van der Waals surface area contributed by atoms with E-state index in [0.717, 1.165) is 12.1 Å². The molecule has 9 heteroatoms. The maximum atomic E-state index is 10.9. The number of nitro groups is 1. The molecule has 0 aromatic heterocycles. The van der Waals surface area contributed by atoms with E-state index < -0.39 is 34.9 Å². The molecule has 0 aliphatic carbocycles. The average Bonchev–Trinajstić information content (AvgIpc) is 2.02. The SMILES string of the molecule is O=[N+]([O-])c1cc([As](=O)(O)O)ccc1[O-].[Na+]. The molecule has 0 spiro atoms. The molecule has 0 radical (unpaired) electrons. The maximum absolute atomic E-state index is 10.9. The van der Waals surface area contributed by atoms with Crippen molar-refractivity contribution in [1.82, 2.24) is 0 Å². The molecule has 0 aliphatic heterocycles. The van der Waals surface area contributed by atoms with Gasteiger partial charge in [-0.1, -0.05) is 0 Å². The fourth-order valence-corrected chi connectivity index (χ4v) is 2.00. The topological polar surface area (TPSA) is 124 Å². The minimum absolute atomic E-state index is 0. The molecular formula is C6H5AsNNaO6. The average molecular weight is 285 g/mol. The van der Waals surface area contributed by atoms with E-state index in [9.17, 15) is 19.0 Å². The van der Waals surface area contributed by atoms with Gasteiger partial charge in [0.15, 0.2) is 0 Å². The Morgan fingerprint density at radius 2 is 1.87 bits per heavy atom. The predicted octanol–water partition coefficient (Wildman–Crippen LogP) is -4.77. The van der Waals surface area contributed by atoms with Crippen LogP contribution in [-0.4, -0.2) is 27.3 Å². The Morgan fingerprint density at radius 3 is 2.27 bits per heavy atom. The molecule has 76 valence electrons. The van der Waals surface area contributed by atoms with Crippen LogP contribution in [-0.2, 0) is 3.74 Å². The van der Waals surface area contributed by atoms with Gasteiger partial charge >= 0.3 is 110 Å². The molecule has 0 aliphatic rings. The Hall–Kier alpha value is -0.302. The van der Waals surface area contributed by atoms with Gasteiger partial charge in [0.2, 0.25) is 0 Å². The van der Waals surface area contributed by atoms with Crippen molar-refractivity contribution in [2.75, 3.05) is 0 Å². The van der Waals surface area contributed by atoms with E-state index in [1.54, 1.807) is 0 Å². The van der Waals surface area contributed by atoms with Crippen molar-refractivity contribution in [2.45, 2.75) is 0 Å². The van der Waals surface area contributed by atoms with Crippen LogP contribution in [0.4, 0.5) is 5.69 Å². The van der Waals surface area contributed by atoms with E-state index in [0.29, 0.717) is 6.07 Å².